The Kier molecular flexibility index (Phi) is 16.9. The second kappa shape index (κ2) is 19.6. The number of hydrogen-bond acceptors (Lipinski definition) is 3. The van der Waals surface area contributed by atoms with Gasteiger partial charge in [-0.25, -0.2) is 0 Å². The molecule has 1 rings (SSSR count). The quantitative estimate of drug-likeness (QED) is 0.209. The maximum atomic E-state index is 11.6. The number of aliphatic hydroxyl groups is 1. The van der Waals surface area contributed by atoms with Gasteiger partial charge in [0.1, 0.15) is 5.76 Å². The molecule has 1 aromatic heterocycles. The van der Waals surface area contributed by atoms with Gasteiger partial charge in [-0.15, -0.1) is 0 Å². The van der Waals surface area contributed by atoms with Crippen molar-refractivity contribution in [3.05, 3.63) is 72.8 Å². The van der Waals surface area contributed by atoms with Gasteiger partial charge in [-0.2, -0.15) is 0 Å². The molecule has 4 nitrogen and oxygen atoms in total. The van der Waals surface area contributed by atoms with Crippen molar-refractivity contribution in [2.24, 2.45) is 0 Å². The van der Waals surface area contributed by atoms with E-state index >= 15 is 0 Å². The molecular weight excluding hydrogens is 386 g/mol. The van der Waals surface area contributed by atoms with Crippen LogP contribution in [-0.4, -0.2) is 23.7 Å². The predicted octanol–water partition coefficient (Wildman–Crippen LogP) is 6.44. The van der Waals surface area contributed by atoms with E-state index in [4.69, 9.17) is 9.52 Å². The lowest BCUT2D eigenvalue weighted by atomic mass is 10.1. The van der Waals surface area contributed by atoms with E-state index < -0.39 is 0 Å². The van der Waals surface area contributed by atoms with E-state index in [1.165, 1.54) is 19.3 Å². The first-order valence-electron chi connectivity index (χ1n) is 11.7. The highest BCUT2D eigenvalue weighted by atomic mass is 16.3. The van der Waals surface area contributed by atoms with Crippen LogP contribution < -0.4 is 5.32 Å². The fourth-order valence-electron chi connectivity index (χ4n) is 3.01. The molecule has 1 heterocycles. The van der Waals surface area contributed by atoms with Gasteiger partial charge >= 0.3 is 0 Å². The summed E-state index contributed by atoms with van der Waals surface area (Å²) in [6.07, 6.45) is 30.4. The van der Waals surface area contributed by atoms with Crippen LogP contribution in [0, 0.1) is 0 Å². The Balaban J connectivity index is 1.88. The van der Waals surface area contributed by atoms with Gasteiger partial charge in [-0.05, 0) is 70.4 Å². The normalized spacial score (nSPS) is 13.2. The van der Waals surface area contributed by atoms with E-state index in [0.29, 0.717) is 6.42 Å². The number of nitrogens with one attached hydrogen (secondary N) is 1. The summed E-state index contributed by atoms with van der Waals surface area (Å²) in [5.74, 6) is 1.11. The summed E-state index contributed by atoms with van der Waals surface area (Å²) in [6, 6.07) is 3.84. The minimum absolute atomic E-state index is 0.0117. The van der Waals surface area contributed by atoms with Gasteiger partial charge in [0.2, 0.25) is 5.91 Å². The SMILES string of the molecule is C[C@H](CO)NC(=O)CCC/C=C\C/C=C\C/C=C\C/C=C\CCCCCc1ccco1. The van der Waals surface area contributed by atoms with Crippen molar-refractivity contribution in [3.8, 4) is 0 Å². The summed E-state index contributed by atoms with van der Waals surface area (Å²) < 4.78 is 5.34. The standard InChI is InChI=1S/C27H41NO3/c1-25(24-29)28-27(30)22-18-16-14-12-10-8-6-4-2-3-5-7-9-11-13-15-17-20-26-21-19-23-31-26/h2-3,6-9,12,14,19,21,23,25,29H,4-5,10-11,13,15-18,20,22,24H2,1H3,(H,28,30)/b3-2-,8-6-,9-7-,14-12-/t25-/m1/s1. The van der Waals surface area contributed by atoms with Crippen LogP contribution >= 0.6 is 0 Å². The molecule has 0 radical (unpaired) electrons. The number of rotatable bonds is 18. The monoisotopic (exact) mass is 427 g/mol. The Labute approximate surface area is 188 Å². The van der Waals surface area contributed by atoms with Crippen molar-refractivity contribution in [2.75, 3.05) is 6.61 Å². The minimum atomic E-state index is -0.160. The van der Waals surface area contributed by atoms with Gasteiger partial charge < -0.3 is 14.8 Å². The summed E-state index contributed by atoms with van der Waals surface area (Å²) >= 11 is 0. The van der Waals surface area contributed by atoms with Crippen LogP contribution in [0.2, 0.25) is 0 Å². The van der Waals surface area contributed by atoms with Crippen LogP contribution in [-0.2, 0) is 11.2 Å². The molecule has 0 fully saturated rings. The van der Waals surface area contributed by atoms with Crippen molar-refractivity contribution >= 4 is 5.91 Å². The maximum Gasteiger partial charge on any atom is 0.220 e. The maximum absolute atomic E-state index is 11.6. The Bertz CT molecular complexity index is 656. The Hall–Kier alpha value is -2.33. The number of carbonyl (C=O) groups is 1. The van der Waals surface area contributed by atoms with Gasteiger partial charge in [-0.1, -0.05) is 55.0 Å². The van der Waals surface area contributed by atoms with Crippen LogP contribution in [0.3, 0.4) is 0 Å². The minimum Gasteiger partial charge on any atom is -0.469 e. The van der Waals surface area contributed by atoms with Crippen molar-refractivity contribution in [1.82, 2.24) is 5.32 Å². The van der Waals surface area contributed by atoms with Crippen LogP contribution in [0.5, 0.6) is 0 Å². The smallest absolute Gasteiger partial charge is 0.220 e. The van der Waals surface area contributed by atoms with E-state index in [0.717, 1.165) is 50.7 Å². The highest BCUT2D eigenvalue weighted by molar-refractivity contribution is 5.76. The van der Waals surface area contributed by atoms with Crippen molar-refractivity contribution in [1.29, 1.82) is 0 Å². The molecule has 0 saturated heterocycles. The van der Waals surface area contributed by atoms with Crippen LogP contribution in [0.25, 0.3) is 0 Å². The number of unbranched alkanes of at least 4 members (excludes halogenated alkanes) is 4. The zero-order valence-electron chi connectivity index (χ0n) is 19.2. The second-order valence-corrected chi connectivity index (χ2v) is 7.81. The first kappa shape index (κ1) is 26.7. The molecular formula is C27H41NO3. The van der Waals surface area contributed by atoms with Crippen LogP contribution in [0.4, 0.5) is 0 Å². The first-order valence-corrected chi connectivity index (χ1v) is 11.7. The Morgan fingerprint density at radius 1 is 0.935 bits per heavy atom. The molecule has 0 aliphatic carbocycles. The molecule has 1 amide bonds. The van der Waals surface area contributed by atoms with Gasteiger partial charge in [0, 0.05) is 18.9 Å². The number of aliphatic hydroxyl groups excluding tert-OH is 1. The van der Waals surface area contributed by atoms with Crippen LogP contribution in [0.15, 0.2) is 71.4 Å². The molecule has 2 N–H and O–H groups in total. The fourth-order valence-corrected chi connectivity index (χ4v) is 3.01. The zero-order valence-corrected chi connectivity index (χ0v) is 19.2. The molecule has 0 spiro atoms. The van der Waals surface area contributed by atoms with Gasteiger partial charge in [0.25, 0.3) is 0 Å². The van der Waals surface area contributed by atoms with Crippen LogP contribution in [0.1, 0.15) is 76.9 Å². The average Bonchev–Trinajstić information content (AvgIpc) is 3.28. The second-order valence-electron chi connectivity index (χ2n) is 7.81. The third kappa shape index (κ3) is 17.1. The summed E-state index contributed by atoms with van der Waals surface area (Å²) in [5.41, 5.74) is 0. The Morgan fingerprint density at radius 2 is 1.55 bits per heavy atom. The van der Waals surface area contributed by atoms with Gasteiger partial charge in [-0.3, -0.25) is 4.79 Å². The molecule has 0 aromatic carbocycles. The molecule has 0 aliphatic rings. The van der Waals surface area contributed by atoms with Gasteiger partial charge in [0.15, 0.2) is 0 Å². The lowest BCUT2D eigenvalue weighted by Crippen LogP contribution is -2.34. The average molecular weight is 428 g/mol. The van der Waals surface area contributed by atoms with E-state index in [2.05, 4.69) is 53.9 Å². The molecule has 31 heavy (non-hydrogen) atoms. The molecule has 0 saturated carbocycles. The van der Waals surface area contributed by atoms with E-state index in [1.54, 1.807) is 13.2 Å². The lowest BCUT2D eigenvalue weighted by Gasteiger charge is -2.09. The summed E-state index contributed by atoms with van der Waals surface area (Å²) in [6.45, 7) is 1.78. The Morgan fingerprint density at radius 3 is 2.13 bits per heavy atom. The summed E-state index contributed by atoms with van der Waals surface area (Å²) in [4.78, 5) is 11.6. The zero-order chi connectivity index (χ0) is 22.4. The largest absolute Gasteiger partial charge is 0.469 e. The summed E-state index contributed by atoms with van der Waals surface area (Å²) in [7, 11) is 0. The number of amides is 1. The predicted molar refractivity (Wildman–Crippen MR) is 130 cm³/mol. The van der Waals surface area contributed by atoms with E-state index in [-0.39, 0.29) is 18.6 Å². The first-order chi connectivity index (χ1) is 15.2. The third-order valence-corrected chi connectivity index (χ3v) is 4.81. The highest BCUT2D eigenvalue weighted by Gasteiger charge is 2.04. The number of furan rings is 1. The highest BCUT2D eigenvalue weighted by Crippen LogP contribution is 2.08. The molecule has 0 bridgehead atoms. The molecule has 0 unspecified atom stereocenters. The van der Waals surface area contributed by atoms with Gasteiger partial charge in [0.05, 0.1) is 12.9 Å². The molecule has 4 heteroatoms. The molecule has 1 aromatic rings. The number of carbonyl (C=O) groups excluding carboxylic acids is 1. The number of allylic oxidation sites excluding steroid dienone is 8. The molecule has 1 atom stereocenters. The lowest BCUT2D eigenvalue weighted by molar-refractivity contribution is -0.122. The van der Waals surface area contributed by atoms with Crippen molar-refractivity contribution < 1.29 is 14.3 Å². The van der Waals surface area contributed by atoms with E-state index in [9.17, 15) is 4.79 Å². The fraction of sp³-hybridized carbons (Fsp3) is 0.519. The van der Waals surface area contributed by atoms with E-state index in [1.807, 2.05) is 12.1 Å². The van der Waals surface area contributed by atoms with Crippen molar-refractivity contribution in [3.63, 3.8) is 0 Å². The third-order valence-electron chi connectivity index (χ3n) is 4.81. The molecule has 0 aliphatic heterocycles. The molecule has 172 valence electrons. The van der Waals surface area contributed by atoms with Crippen molar-refractivity contribution in [2.45, 2.75) is 83.6 Å². The topological polar surface area (TPSA) is 62.5 Å². The number of hydrogen-bond donors (Lipinski definition) is 2. The number of aryl methyl sites for hydroxylation is 1. The summed E-state index contributed by atoms with van der Waals surface area (Å²) in [5, 5.41) is 11.6.